The van der Waals surface area contributed by atoms with Gasteiger partial charge < -0.3 is 24.4 Å². The van der Waals surface area contributed by atoms with Crippen LogP contribution in [0.25, 0.3) is 0 Å². The highest BCUT2D eigenvalue weighted by molar-refractivity contribution is 5.80. The molecule has 1 atom stereocenters. The molecule has 7 nitrogen and oxygen atoms in total. The van der Waals surface area contributed by atoms with Gasteiger partial charge in [-0.3, -0.25) is 9.89 Å². The highest BCUT2D eigenvalue weighted by Gasteiger charge is 2.42. The maximum Gasteiger partial charge on any atom is 0.193 e. The first-order valence-electron chi connectivity index (χ1n) is 11.2. The van der Waals surface area contributed by atoms with Crippen LogP contribution in [0, 0.1) is 5.41 Å². The number of methoxy groups -OCH3 is 2. The third-order valence-electron chi connectivity index (χ3n) is 6.73. The number of nitrogens with zero attached hydrogens (tertiary/aromatic N) is 3. The monoisotopic (exact) mass is 416 g/mol. The molecule has 0 aliphatic carbocycles. The summed E-state index contributed by atoms with van der Waals surface area (Å²) in [7, 11) is 3.39. The van der Waals surface area contributed by atoms with Gasteiger partial charge in [0.05, 0.1) is 27.4 Å². The Morgan fingerprint density at radius 1 is 1.17 bits per heavy atom. The Kier molecular flexibility index (Phi) is 6.68. The number of guanidine groups is 1. The lowest BCUT2D eigenvalue weighted by molar-refractivity contribution is 0.156. The molecule has 0 aromatic heterocycles. The van der Waals surface area contributed by atoms with Crippen molar-refractivity contribution in [3.05, 3.63) is 23.3 Å². The molecule has 7 heteroatoms. The molecule has 3 aliphatic heterocycles. The first kappa shape index (κ1) is 21.2. The summed E-state index contributed by atoms with van der Waals surface area (Å²) < 4.78 is 16.6. The minimum absolute atomic E-state index is 0.354. The molecule has 2 saturated heterocycles. The van der Waals surface area contributed by atoms with E-state index < -0.39 is 0 Å². The van der Waals surface area contributed by atoms with Crippen LogP contribution in [0.1, 0.15) is 30.9 Å². The van der Waals surface area contributed by atoms with Crippen molar-refractivity contribution in [2.75, 3.05) is 66.7 Å². The number of nitrogens with one attached hydrogen (secondary N) is 1. The summed E-state index contributed by atoms with van der Waals surface area (Å²) >= 11 is 0. The smallest absolute Gasteiger partial charge is 0.193 e. The van der Waals surface area contributed by atoms with E-state index in [-0.39, 0.29) is 0 Å². The Morgan fingerprint density at radius 3 is 2.67 bits per heavy atom. The number of benzene rings is 1. The summed E-state index contributed by atoms with van der Waals surface area (Å²) in [5.41, 5.74) is 3.05. The lowest BCUT2D eigenvalue weighted by atomic mass is 9.87. The van der Waals surface area contributed by atoms with E-state index in [1.54, 1.807) is 14.2 Å². The second-order valence-corrected chi connectivity index (χ2v) is 8.71. The number of aliphatic imine (C=N–C) groups is 1. The van der Waals surface area contributed by atoms with Crippen LogP contribution in [-0.4, -0.2) is 82.5 Å². The summed E-state index contributed by atoms with van der Waals surface area (Å²) in [5, 5.41) is 3.50. The van der Waals surface area contributed by atoms with Crippen molar-refractivity contribution in [1.82, 2.24) is 15.1 Å². The van der Waals surface area contributed by atoms with Gasteiger partial charge in [-0.2, -0.15) is 0 Å². The Bertz CT molecular complexity index is 761. The highest BCUT2D eigenvalue weighted by Crippen LogP contribution is 2.38. The van der Waals surface area contributed by atoms with Crippen molar-refractivity contribution in [2.45, 2.75) is 32.7 Å². The molecule has 3 heterocycles. The summed E-state index contributed by atoms with van der Waals surface area (Å²) in [6.45, 7) is 10.8. The van der Waals surface area contributed by atoms with Crippen molar-refractivity contribution >= 4 is 5.96 Å². The fourth-order valence-electron chi connectivity index (χ4n) is 4.94. The second-order valence-electron chi connectivity index (χ2n) is 8.71. The van der Waals surface area contributed by atoms with Crippen LogP contribution in [0.5, 0.6) is 11.5 Å². The average molecular weight is 417 g/mol. The van der Waals surface area contributed by atoms with Gasteiger partial charge in [0.25, 0.3) is 0 Å². The molecule has 2 fully saturated rings. The molecular weight excluding hydrogens is 380 g/mol. The number of likely N-dealkylation sites (tertiary alicyclic amines) is 1. The SMILES string of the molecule is CCNC(=NCCN1CCc2cc(OC)c(OC)cc2C1)N1CCC2(CCOC2)C1. The van der Waals surface area contributed by atoms with Gasteiger partial charge in [-0.1, -0.05) is 0 Å². The number of fused-ring (bicyclic) bond motifs is 1. The van der Waals surface area contributed by atoms with E-state index in [1.165, 1.54) is 24.0 Å². The molecule has 0 amide bonds. The van der Waals surface area contributed by atoms with E-state index in [0.717, 1.165) is 82.9 Å². The molecule has 1 aromatic rings. The third kappa shape index (κ3) is 4.52. The van der Waals surface area contributed by atoms with E-state index in [9.17, 15) is 0 Å². The molecule has 1 aromatic carbocycles. The van der Waals surface area contributed by atoms with Crippen LogP contribution >= 0.6 is 0 Å². The molecule has 30 heavy (non-hydrogen) atoms. The fourth-order valence-corrected chi connectivity index (χ4v) is 4.94. The van der Waals surface area contributed by atoms with Gasteiger partial charge in [0, 0.05) is 51.3 Å². The van der Waals surface area contributed by atoms with Crippen molar-refractivity contribution in [2.24, 2.45) is 10.4 Å². The molecule has 3 aliphatic rings. The van der Waals surface area contributed by atoms with E-state index in [1.807, 2.05) is 0 Å². The molecule has 4 rings (SSSR count). The number of ether oxygens (including phenoxy) is 3. The third-order valence-corrected chi connectivity index (χ3v) is 6.73. The Hall–Kier alpha value is -1.99. The second kappa shape index (κ2) is 9.43. The van der Waals surface area contributed by atoms with Crippen molar-refractivity contribution in [3.63, 3.8) is 0 Å². The number of rotatable bonds is 6. The number of hydrogen-bond acceptors (Lipinski definition) is 5. The van der Waals surface area contributed by atoms with Crippen LogP contribution in [-0.2, 0) is 17.7 Å². The highest BCUT2D eigenvalue weighted by atomic mass is 16.5. The molecule has 0 bridgehead atoms. The lowest BCUT2D eigenvalue weighted by Crippen LogP contribution is -2.42. The quantitative estimate of drug-likeness (QED) is 0.566. The predicted molar refractivity (Wildman–Crippen MR) is 119 cm³/mol. The standard InChI is InChI=1S/C23H36N4O3/c1-4-24-22(27-10-6-23(16-27)7-12-30-17-23)25-8-11-26-9-5-18-13-20(28-2)21(29-3)14-19(18)15-26/h13-14H,4-12,15-17H2,1-3H3,(H,24,25). The van der Waals surface area contributed by atoms with Crippen LogP contribution < -0.4 is 14.8 Å². The summed E-state index contributed by atoms with van der Waals surface area (Å²) in [4.78, 5) is 9.88. The van der Waals surface area contributed by atoms with Gasteiger partial charge in [0.2, 0.25) is 0 Å². The molecule has 0 saturated carbocycles. The van der Waals surface area contributed by atoms with Crippen molar-refractivity contribution in [3.8, 4) is 11.5 Å². The minimum atomic E-state index is 0.354. The topological polar surface area (TPSA) is 58.6 Å². The normalized spacial score (nSPS) is 24.4. The van der Waals surface area contributed by atoms with Crippen LogP contribution in [0.4, 0.5) is 0 Å². The van der Waals surface area contributed by atoms with Gasteiger partial charge in [0.1, 0.15) is 0 Å². The van der Waals surface area contributed by atoms with E-state index in [0.29, 0.717) is 5.41 Å². The lowest BCUT2D eigenvalue weighted by Gasteiger charge is -2.29. The molecule has 166 valence electrons. The van der Waals surface area contributed by atoms with Crippen molar-refractivity contribution in [1.29, 1.82) is 0 Å². The largest absolute Gasteiger partial charge is 0.493 e. The zero-order valence-corrected chi connectivity index (χ0v) is 18.7. The van der Waals surface area contributed by atoms with E-state index >= 15 is 0 Å². The van der Waals surface area contributed by atoms with Crippen LogP contribution in [0.15, 0.2) is 17.1 Å². The minimum Gasteiger partial charge on any atom is -0.493 e. The van der Waals surface area contributed by atoms with Crippen LogP contribution in [0.2, 0.25) is 0 Å². The van der Waals surface area contributed by atoms with Gasteiger partial charge in [-0.05, 0) is 49.4 Å². The maximum absolute atomic E-state index is 5.68. The maximum atomic E-state index is 5.68. The first-order valence-corrected chi connectivity index (χ1v) is 11.2. The fraction of sp³-hybridized carbons (Fsp3) is 0.696. The van der Waals surface area contributed by atoms with E-state index in [2.05, 4.69) is 34.2 Å². The van der Waals surface area contributed by atoms with E-state index in [4.69, 9.17) is 19.2 Å². The molecule has 1 spiro atoms. The summed E-state index contributed by atoms with van der Waals surface area (Å²) in [6, 6.07) is 4.25. The van der Waals surface area contributed by atoms with Crippen molar-refractivity contribution < 1.29 is 14.2 Å². The Morgan fingerprint density at radius 2 is 1.97 bits per heavy atom. The molecule has 0 radical (unpaired) electrons. The van der Waals surface area contributed by atoms with Gasteiger partial charge in [-0.25, -0.2) is 0 Å². The summed E-state index contributed by atoms with van der Waals surface area (Å²) in [5.74, 6) is 2.69. The van der Waals surface area contributed by atoms with Gasteiger partial charge in [0.15, 0.2) is 17.5 Å². The zero-order valence-electron chi connectivity index (χ0n) is 18.7. The first-order chi connectivity index (χ1) is 14.7. The predicted octanol–water partition coefficient (Wildman–Crippen LogP) is 2.14. The molecule has 1 unspecified atom stereocenters. The summed E-state index contributed by atoms with van der Waals surface area (Å²) in [6.07, 6.45) is 3.43. The van der Waals surface area contributed by atoms with Gasteiger partial charge in [-0.15, -0.1) is 0 Å². The number of hydrogen-bond donors (Lipinski definition) is 1. The van der Waals surface area contributed by atoms with Gasteiger partial charge >= 0.3 is 0 Å². The zero-order chi connectivity index (χ0) is 21.0. The Labute approximate surface area is 180 Å². The average Bonchev–Trinajstić information content (AvgIpc) is 3.41. The Balaban J connectivity index is 1.35. The molecule has 1 N–H and O–H groups in total. The van der Waals surface area contributed by atoms with Crippen LogP contribution in [0.3, 0.4) is 0 Å². The molecular formula is C23H36N4O3.